The van der Waals surface area contributed by atoms with Gasteiger partial charge in [-0.05, 0) is 50.2 Å². The molecule has 35 heavy (non-hydrogen) atoms. The first-order chi connectivity index (χ1) is 17.2. The lowest BCUT2D eigenvalue weighted by Gasteiger charge is -2.42. The Hall–Kier alpha value is -3.16. The number of likely N-dealkylation sites (N-methyl/N-ethyl adjacent to an activating group) is 1. The fourth-order valence-corrected chi connectivity index (χ4v) is 5.51. The first-order valence-corrected chi connectivity index (χ1v) is 12.6. The molecule has 1 aromatic carbocycles. The maximum absolute atomic E-state index is 14.5. The van der Waals surface area contributed by atoms with Gasteiger partial charge >= 0.3 is 0 Å². The van der Waals surface area contributed by atoms with E-state index < -0.39 is 0 Å². The maximum Gasteiger partial charge on any atom is 0.132 e. The van der Waals surface area contributed by atoms with E-state index in [1.165, 1.54) is 45.1 Å². The third-order valence-electron chi connectivity index (χ3n) is 7.61. The molecule has 3 aliphatic heterocycles. The summed E-state index contributed by atoms with van der Waals surface area (Å²) < 4.78 is 14.5. The second-order valence-corrected chi connectivity index (χ2v) is 9.77. The molecule has 5 heterocycles. The summed E-state index contributed by atoms with van der Waals surface area (Å²) in [4.78, 5) is 21.7. The van der Waals surface area contributed by atoms with Gasteiger partial charge in [0.25, 0.3) is 0 Å². The normalized spacial score (nSPS) is 20.3. The summed E-state index contributed by atoms with van der Waals surface area (Å²) >= 11 is 0. The van der Waals surface area contributed by atoms with Gasteiger partial charge in [0.15, 0.2) is 0 Å². The third-order valence-corrected chi connectivity index (χ3v) is 7.61. The summed E-state index contributed by atoms with van der Waals surface area (Å²) in [5, 5.41) is 0. The average Bonchev–Trinajstić information content (AvgIpc) is 3.39. The van der Waals surface area contributed by atoms with Gasteiger partial charge < -0.3 is 9.80 Å². The van der Waals surface area contributed by atoms with Crippen molar-refractivity contribution in [3.63, 3.8) is 0 Å². The number of benzene rings is 1. The fraction of sp³-hybridized carbons (Fsp3) is 0.393. The van der Waals surface area contributed by atoms with Crippen LogP contribution in [-0.2, 0) is 0 Å². The highest BCUT2D eigenvalue weighted by Gasteiger charge is 2.27. The van der Waals surface area contributed by atoms with E-state index in [9.17, 15) is 4.39 Å². The first kappa shape index (κ1) is 22.3. The molecule has 0 atom stereocenters. The Morgan fingerprint density at radius 3 is 2.51 bits per heavy atom. The minimum Gasteiger partial charge on any atom is -0.370 e. The summed E-state index contributed by atoms with van der Waals surface area (Å²) in [5.41, 5.74) is 5.75. The average molecular weight is 471 g/mol. The van der Waals surface area contributed by atoms with Crippen LogP contribution in [0.5, 0.6) is 0 Å². The second kappa shape index (κ2) is 9.47. The number of aliphatic imine (C=N–C) groups is 1. The molecule has 0 radical (unpaired) electrons. The highest BCUT2D eigenvalue weighted by atomic mass is 19.1. The van der Waals surface area contributed by atoms with Crippen molar-refractivity contribution in [2.75, 3.05) is 57.8 Å². The van der Waals surface area contributed by atoms with Gasteiger partial charge in [-0.3, -0.25) is 14.9 Å². The van der Waals surface area contributed by atoms with Crippen molar-refractivity contribution in [3.8, 4) is 0 Å². The van der Waals surface area contributed by atoms with Crippen molar-refractivity contribution in [2.45, 2.75) is 18.9 Å². The lowest BCUT2D eigenvalue weighted by atomic mass is 9.99. The number of aromatic nitrogens is 2. The van der Waals surface area contributed by atoms with Crippen LogP contribution in [-0.4, -0.2) is 84.4 Å². The molecule has 0 bridgehead atoms. The van der Waals surface area contributed by atoms with Crippen LogP contribution < -0.4 is 4.90 Å². The zero-order valence-electron chi connectivity index (χ0n) is 20.2. The third kappa shape index (κ3) is 4.46. The number of piperidine rings is 1. The summed E-state index contributed by atoms with van der Waals surface area (Å²) in [6.45, 7) is 7.32. The van der Waals surface area contributed by atoms with Crippen LogP contribution in [0.4, 0.5) is 10.1 Å². The van der Waals surface area contributed by atoms with Crippen LogP contribution >= 0.6 is 0 Å². The molecule has 2 aromatic heterocycles. The number of hydrogen-bond donors (Lipinski definition) is 0. The Balaban J connectivity index is 1.20. The molecule has 0 unspecified atom stereocenters. The molecule has 3 aromatic rings. The Labute approximate surface area is 205 Å². The van der Waals surface area contributed by atoms with E-state index >= 15 is 0 Å². The SMILES string of the molecule is CN1CCN(C2CCN(c3cnc4ccc(C5=CCN=C5c5ccccc5F)nc4c3)CC2)CC1. The quantitative estimate of drug-likeness (QED) is 0.579. The molecule has 6 rings (SSSR count). The molecule has 0 N–H and O–H groups in total. The Morgan fingerprint density at radius 2 is 1.71 bits per heavy atom. The van der Waals surface area contributed by atoms with E-state index in [1.54, 1.807) is 12.1 Å². The molecule has 6 nitrogen and oxygen atoms in total. The molecular formula is C28H31FN6. The van der Waals surface area contributed by atoms with Crippen LogP contribution in [0, 0.1) is 5.82 Å². The van der Waals surface area contributed by atoms with Crippen LogP contribution in [0.3, 0.4) is 0 Å². The zero-order valence-corrected chi connectivity index (χ0v) is 20.2. The number of hydrogen-bond acceptors (Lipinski definition) is 6. The molecule has 3 aliphatic rings. The molecule has 0 spiro atoms. The molecular weight excluding hydrogens is 439 g/mol. The number of pyridine rings is 2. The van der Waals surface area contributed by atoms with E-state index in [4.69, 9.17) is 9.97 Å². The highest BCUT2D eigenvalue weighted by Crippen LogP contribution is 2.28. The summed E-state index contributed by atoms with van der Waals surface area (Å²) in [6, 6.07) is 13.6. The Morgan fingerprint density at radius 1 is 0.914 bits per heavy atom. The number of allylic oxidation sites excluding steroid dienone is 1. The summed E-state index contributed by atoms with van der Waals surface area (Å²) in [7, 11) is 2.21. The highest BCUT2D eigenvalue weighted by molar-refractivity contribution is 6.32. The van der Waals surface area contributed by atoms with Crippen LogP contribution in [0.25, 0.3) is 16.6 Å². The largest absolute Gasteiger partial charge is 0.370 e. The van der Waals surface area contributed by atoms with Gasteiger partial charge in [0, 0.05) is 56.4 Å². The number of halogens is 1. The van der Waals surface area contributed by atoms with Gasteiger partial charge in [-0.15, -0.1) is 0 Å². The molecule has 180 valence electrons. The van der Waals surface area contributed by atoms with Gasteiger partial charge in [0.05, 0.1) is 40.9 Å². The van der Waals surface area contributed by atoms with Crippen molar-refractivity contribution in [3.05, 3.63) is 71.8 Å². The standard InChI is InChI=1S/C28H31FN6/c1-33-14-16-35(17-15-33)20-9-12-34(13-10-20)21-18-27-26(31-19-21)7-6-25(32-27)23-8-11-30-28(23)22-4-2-3-5-24(22)29/h2-8,18-20H,9-17H2,1H3. The number of rotatable bonds is 4. The van der Waals surface area contributed by atoms with E-state index in [-0.39, 0.29) is 5.82 Å². The first-order valence-electron chi connectivity index (χ1n) is 12.6. The van der Waals surface area contributed by atoms with Gasteiger partial charge in [0.2, 0.25) is 0 Å². The van der Waals surface area contributed by atoms with Gasteiger partial charge in [-0.25, -0.2) is 9.37 Å². The van der Waals surface area contributed by atoms with E-state index in [0.717, 1.165) is 41.1 Å². The fourth-order valence-electron chi connectivity index (χ4n) is 5.51. The maximum atomic E-state index is 14.5. The minimum absolute atomic E-state index is 0.260. The van der Waals surface area contributed by atoms with Gasteiger partial charge in [-0.2, -0.15) is 0 Å². The molecule has 0 amide bonds. The zero-order chi connectivity index (χ0) is 23.8. The lowest BCUT2D eigenvalue weighted by molar-refractivity contribution is 0.0982. The van der Waals surface area contributed by atoms with Crippen molar-refractivity contribution in [1.29, 1.82) is 0 Å². The van der Waals surface area contributed by atoms with Crippen LogP contribution in [0.2, 0.25) is 0 Å². The van der Waals surface area contributed by atoms with Crippen LogP contribution in [0.1, 0.15) is 24.1 Å². The molecule has 7 heteroatoms. The van der Waals surface area contributed by atoms with Gasteiger partial charge in [0.1, 0.15) is 5.82 Å². The second-order valence-electron chi connectivity index (χ2n) is 9.77. The van der Waals surface area contributed by atoms with Crippen LogP contribution in [0.15, 0.2) is 59.7 Å². The van der Waals surface area contributed by atoms with E-state index in [0.29, 0.717) is 23.9 Å². The van der Waals surface area contributed by atoms with Crippen molar-refractivity contribution in [2.24, 2.45) is 4.99 Å². The number of piperazine rings is 1. The molecule has 0 saturated carbocycles. The number of nitrogens with zero attached hydrogens (tertiary/aromatic N) is 6. The predicted octanol–water partition coefficient (Wildman–Crippen LogP) is 3.87. The minimum atomic E-state index is -0.260. The van der Waals surface area contributed by atoms with Gasteiger partial charge in [-0.1, -0.05) is 18.2 Å². The van der Waals surface area contributed by atoms with E-state index in [1.807, 2.05) is 30.5 Å². The topological polar surface area (TPSA) is 47.9 Å². The Kier molecular flexibility index (Phi) is 6.04. The monoisotopic (exact) mass is 470 g/mol. The number of anilines is 1. The lowest BCUT2D eigenvalue weighted by Crippen LogP contribution is -2.52. The number of fused-ring (bicyclic) bond motifs is 1. The van der Waals surface area contributed by atoms with Crippen molar-refractivity contribution in [1.82, 2.24) is 19.8 Å². The van der Waals surface area contributed by atoms with Crippen molar-refractivity contribution >= 4 is 28.0 Å². The molecule has 0 aliphatic carbocycles. The van der Waals surface area contributed by atoms with E-state index in [2.05, 4.69) is 32.8 Å². The molecule has 2 fully saturated rings. The van der Waals surface area contributed by atoms with Crippen molar-refractivity contribution < 1.29 is 4.39 Å². The Bertz CT molecular complexity index is 1290. The predicted molar refractivity (Wildman–Crippen MR) is 140 cm³/mol. The molecule has 2 saturated heterocycles. The summed E-state index contributed by atoms with van der Waals surface area (Å²) in [6.07, 6.45) is 6.37. The smallest absolute Gasteiger partial charge is 0.132 e. The summed E-state index contributed by atoms with van der Waals surface area (Å²) in [5.74, 6) is -0.260.